The van der Waals surface area contributed by atoms with Crippen LogP contribution in [0.2, 0.25) is 0 Å². The molecule has 0 fully saturated rings. The number of alkyl halides is 1. The number of hydrogen-bond acceptors (Lipinski definition) is 4. The predicted molar refractivity (Wildman–Crippen MR) is 64.7 cm³/mol. The standard InChI is InChI=1S/C5H11Cl.C3H8O3.H3O4P/c1-2-3-4-5-6;4-1-3(6)2-5;1-5(2,3)4/h2-5H2,1H3;3-6H,1-2H2;(H3,1,2,3,4). The highest BCUT2D eigenvalue weighted by atomic mass is 35.5. The van der Waals surface area contributed by atoms with Crippen molar-refractivity contribution in [3.8, 4) is 0 Å². The summed E-state index contributed by atoms with van der Waals surface area (Å²) in [6, 6.07) is 0. The SMILES string of the molecule is CCCCCCl.O=P(O)(O)O.OCC(O)CO. The Morgan fingerprint density at radius 1 is 1.12 bits per heavy atom. The summed E-state index contributed by atoms with van der Waals surface area (Å²) in [7, 11) is -4.64. The molecule has 108 valence electrons. The van der Waals surface area contributed by atoms with Crippen molar-refractivity contribution in [2.45, 2.75) is 32.3 Å². The fraction of sp³-hybridized carbons (Fsp3) is 1.00. The van der Waals surface area contributed by atoms with Gasteiger partial charge in [0.15, 0.2) is 0 Å². The molecule has 0 rings (SSSR count). The summed E-state index contributed by atoms with van der Waals surface area (Å²) in [5.41, 5.74) is 0. The van der Waals surface area contributed by atoms with Crippen molar-refractivity contribution in [1.82, 2.24) is 0 Å². The molecule has 17 heavy (non-hydrogen) atoms. The Kier molecular flexibility index (Phi) is 21.5. The Hall–Kier alpha value is 0.280. The molecule has 0 spiro atoms. The van der Waals surface area contributed by atoms with Crippen LogP contribution >= 0.6 is 19.4 Å². The lowest BCUT2D eigenvalue weighted by Crippen LogP contribution is -2.15. The normalized spacial score (nSPS) is 10.2. The van der Waals surface area contributed by atoms with Gasteiger partial charge in [0, 0.05) is 5.88 Å². The summed E-state index contributed by atoms with van der Waals surface area (Å²) in [6.45, 7) is 1.44. The van der Waals surface area contributed by atoms with Crippen LogP contribution in [-0.2, 0) is 4.57 Å². The molecule has 0 bridgehead atoms. The van der Waals surface area contributed by atoms with E-state index in [1.807, 2.05) is 0 Å². The lowest BCUT2D eigenvalue weighted by atomic mass is 10.3. The highest BCUT2D eigenvalue weighted by Gasteiger charge is 2.00. The smallest absolute Gasteiger partial charge is 0.394 e. The Morgan fingerprint density at radius 3 is 1.53 bits per heavy atom. The van der Waals surface area contributed by atoms with E-state index in [4.69, 9.17) is 46.2 Å². The van der Waals surface area contributed by atoms with Crippen LogP contribution in [0.1, 0.15) is 26.2 Å². The molecular formula is C8H22ClO7P. The zero-order valence-corrected chi connectivity index (χ0v) is 11.4. The molecule has 0 radical (unpaired) electrons. The van der Waals surface area contributed by atoms with Crippen LogP contribution in [0, 0.1) is 0 Å². The van der Waals surface area contributed by atoms with Crippen LogP contribution in [0.3, 0.4) is 0 Å². The fourth-order valence-electron chi connectivity index (χ4n) is 0.402. The van der Waals surface area contributed by atoms with E-state index >= 15 is 0 Å². The molecule has 0 unspecified atom stereocenters. The van der Waals surface area contributed by atoms with Crippen LogP contribution < -0.4 is 0 Å². The van der Waals surface area contributed by atoms with Crippen molar-refractivity contribution >= 4 is 19.4 Å². The van der Waals surface area contributed by atoms with E-state index in [0.717, 1.165) is 5.88 Å². The first-order valence-corrected chi connectivity index (χ1v) is 7.06. The molecule has 6 N–H and O–H groups in total. The molecule has 0 saturated heterocycles. The van der Waals surface area contributed by atoms with Gasteiger partial charge < -0.3 is 30.0 Å². The van der Waals surface area contributed by atoms with E-state index in [2.05, 4.69) is 6.92 Å². The molecule has 0 amide bonds. The number of phosphoric acid groups is 1. The molecule has 0 aromatic rings. The lowest BCUT2D eigenvalue weighted by molar-refractivity contribution is 0.0450. The van der Waals surface area contributed by atoms with Gasteiger partial charge in [-0.2, -0.15) is 0 Å². The fourth-order valence-corrected chi connectivity index (χ4v) is 0.591. The number of aliphatic hydroxyl groups excluding tert-OH is 3. The monoisotopic (exact) mass is 296 g/mol. The molecule has 0 aliphatic carbocycles. The third kappa shape index (κ3) is 62.6. The Labute approximate surface area is 106 Å². The first kappa shape index (κ1) is 22.5. The second-order valence-electron chi connectivity index (χ2n) is 2.93. The summed E-state index contributed by atoms with van der Waals surface area (Å²) in [5, 5.41) is 24.0. The Balaban J connectivity index is -0.000000174. The molecule has 0 heterocycles. The summed E-state index contributed by atoms with van der Waals surface area (Å²) >= 11 is 5.38. The second kappa shape index (κ2) is 16.3. The quantitative estimate of drug-likeness (QED) is 0.235. The van der Waals surface area contributed by atoms with E-state index < -0.39 is 13.9 Å². The van der Waals surface area contributed by atoms with Crippen molar-refractivity contribution in [2.75, 3.05) is 19.1 Å². The van der Waals surface area contributed by atoms with Gasteiger partial charge in [-0.05, 0) is 6.42 Å². The third-order valence-electron chi connectivity index (χ3n) is 1.16. The van der Waals surface area contributed by atoms with Crippen LogP contribution in [0.5, 0.6) is 0 Å². The van der Waals surface area contributed by atoms with E-state index in [1.165, 1.54) is 19.3 Å². The topological polar surface area (TPSA) is 138 Å². The molecule has 0 atom stereocenters. The Bertz CT molecular complexity index is 159. The van der Waals surface area contributed by atoms with Gasteiger partial charge in [-0.25, -0.2) is 4.57 Å². The summed E-state index contributed by atoms with van der Waals surface area (Å²) in [5.74, 6) is 0.827. The third-order valence-corrected chi connectivity index (χ3v) is 1.43. The minimum Gasteiger partial charge on any atom is -0.394 e. The predicted octanol–water partition coefficient (Wildman–Crippen LogP) is -0.181. The van der Waals surface area contributed by atoms with Crippen LogP contribution in [0.25, 0.3) is 0 Å². The number of halogens is 1. The number of aliphatic hydroxyl groups is 3. The van der Waals surface area contributed by atoms with Gasteiger partial charge in [0.2, 0.25) is 0 Å². The zero-order chi connectivity index (χ0) is 14.3. The maximum atomic E-state index is 8.88. The van der Waals surface area contributed by atoms with Crippen LogP contribution in [0.15, 0.2) is 0 Å². The van der Waals surface area contributed by atoms with Gasteiger partial charge in [-0.15, -0.1) is 11.6 Å². The highest BCUT2D eigenvalue weighted by Crippen LogP contribution is 2.25. The average Bonchev–Trinajstić information content (AvgIpc) is 2.23. The van der Waals surface area contributed by atoms with Crippen molar-refractivity contribution in [3.05, 3.63) is 0 Å². The van der Waals surface area contributed by atoms with Gasteiger partial charge in [-0.3, -0.25) is 0 Å². The molecule has 0 aromatic heterocycles. The van der Waals surface area contributed by atoms with Gasteiger partial charge in [0.25, 0.3) is 0 Å². The lowest BCUT2D eigenvalue weighted by Gasteiger charge is -1.96. The first-order chi connectivity index (χ1) is 7.72. The van der Waals surface area contributed by atoms with Gasteiger partial charge in [0.05, 0.1) is 13.2 Å². The molecule has 0 saturated carbocycles. The molecule has 0 aromatic carbocycles. The van der Waals surface area contributed by atoms with E-state index in [0.29, 0.717) is 0 Å². The second-order valence-corrected chi connectivity index (χ2v) is 4.33. The van der Waals surface area contributed by atoms with Crippen LogP contribution in [0.4, 0.5) is 0 Å². The van der Waals surface area contributed by atoms with Crippen molar-refractivity contribution in [1.29, 1.82) is 0 Å². The first-order valence-electron chi connectivity index (χ1n) is 4.96. The van der Waals surface area contributed by atoms with Gasteiger partial charge in [-0.1, -0.05) is 19.8 Å². The largest absolute Gasteiger partial charge is 0.466 e. The van der Waals surface area contributed by atoms with E-state index in [-0.39, 0.29) is 13.2 Å². The van der Waals surface area contributed by atoms with E-state index in [1.54, 1.807) is 0 Å². The molecular weight excluding hydrogens is 275 g/mol. The van der Waals surface area contributed by atoms with Crippen molar-refractivity contribution < 1.29 is 34.6 Å². The minimum atomic E-state index is -4.64. The van der Waals surface area contributed by atoms with Gasteiger partial charge >= 0.3 is 7.82 Å². The highest BCUT2D eigenvalue weighted by molar-refractivity contribution is 7.45. The average molecular weight is 297 g/mol. The molecule has 0 aliphatic heterocycles. The maximum absolute atomic E-state index is 8.88. The molecule has 9 heteroatoms. The summed E-state index contributed by atoms with van der Waals surface area (Å²) in [6.07, 6.45) is 2.78. The maximum Gasteiger partial charge on any atom is 0.466 e. The van der Waals surface area contributed by atoms with Crippen molar-refractivity contribution in [2.24, 2.45) is 0 Å². The number of hydrogen-bond donors (Lipinski definition) is 6. The molecule has 0 aliphatic rings. The zero-order valence-electron chi connectivity index (χ0n) is 9.74. The molecule has 7 nitrogen and oxygen atoms in total. The van der Waals surface area contributed by atoms with Crippen LogP contribution in [-0.4, -0.2) is 55.2 Å². The van der Waals surface area contributed by atoms with Crippen molar-refractivity contribution in [3.63, 3.8) is 0 Å². The summed E-state index contributed by atoms with van der Waals surface area (Å²) < 4.78 is 8.88. The number of unbranched alkanes of at least 4 members (excludes halogenated alkanes) is 2. The minimum absolute atomic E-state index is 0.365. The number of rotatable bonds is 5. The van der Waals surface area contributed by atoms with Gasteiger partial charge in [0.1, 0.15) is 6.10 Å². The Morgan fingerprint density at radius 2 is 1.47 bits per heavy atom. The summed E-state index contributed by atoms with van der Waals surface area (Å²) in [4.78, 5) is 21.6. The van der Waals surface area contributed by atoms with E-state index in [9.17, 15) is 0 Å².